The molecular formula is C22H18F2N8. The lowest BCUT2D eigenvalue weighted by Crippen LogP contribution is -2.04. The molecule has 0 aliphatic heterocycles. The molecule has 3 heterocycles. The Morgan fingerprint density at radius 1 is 0.719 bits per heavy atom. The quantitative estimate of drug-likeness (QED) is 0.449. The average molecular weight is 432 g/mol. The van der Waals surface area contributed by atoms with Crippen molar-refractivity contribution in [2.24, 2.45) is 0 Å². The minimum Gasteiger partial charge on any atom is -0.383 e. The van der Waals surface area contributed by atoms with Gasteiger partial charge < -0.3 is 11.5 Å². The van der Waals surface area contributed by atoms with E-state index in [2.05, 4.69) is 15.2 Å². The fraction of sp³-hybridized carbons (Fsp3) is 0.0909. The largest absolute Gasteiger partial charge is 0.383 e. The molecule has 0 unspecified atom stereocenters. The Labute approximate surface area is 181 Å². The van der Waals surface area contributed by atoms with Crippen LogP contribution < -0.4 is 11.5 Å². The summed E-state index contributed by atoms with van der Waals surface area (Å²) in [6.45, 7) is 3.58. The van der Waals surface area contributed by atoms with Crippen LogP contribution in [0, 0.1) is 25.5 Å². The van der Waals surface area contributed by atoms with E-state index in [4.69, 9.17) is 16.5 Å². The predicted octanol–water partition coefficient (Wildman–Crippen LogP) is 3.73. The van der Waals surface area contributed by atoms with Crippen LogP contribution in [0.3, 0.4) is 0 Å². The molecule has 0 aliphatic carbocycles. The van der Waals surface area contributed by atoms with Crippen LogP contribution in [0.25, 0.3) is 33.8 Å². The van der Waals surface area contributed by atoms with E-state index in [1.165, 1.54) is 28.9 Å². The fourth-order valence-corrected chi connectivity index (χ4v) is 3.69. The van der Waals surface area contributed by atoms with E-state index in [1.807, 2.05) is 0 Å². The third-order valence-electron chi connectivity index (χ3n) is 5.19. The average Bonchev–Trinajstić information content (AvgIpc) is 3.25. The number of hydrogen-bond acceptors (Lipinski definition) is 6. The first-order valence-corrected chi connectivity index (χ1v) is 9.73. The molecule has 0 aliphatic rings. The van der Waals surface area contributed by atoms with Gasteiger partial charge in [-0.05, 0) is 62.4 Å². The highest BCUT2D eigenvalue weighted by molar-refractivity contribution is 5.91. The standard InChI is InChI=1S/C22H18F2N8/c1-11-17-19(25)27-21(28-22(17)32(30-11)16-9-5-14(24)6-10-16)18-12(2)29-31(20(18)26)15-7-3-13(23)4-8-15/h3-10H,26H2,1-2H3,(H2,25,27,28). The monoisotopic (exact) mass is 432 g/mol. The van der Waals surface area contributed by atoms with E-state index in [9.17, 15) is 8.78 Å². The van der Waals surface area contributed by atoms with Crippen LogP contribution >= 0.6 is 0 Å². The molecule has 0 atom stereocenters. The second kappa shape index (κ2) is 7.12. The third kappa shape index (κ3) is 3.04. The highest BCUT2D eigenvalue weighted by Crippen LogP contribution is 2.33. The van der Waals surface area contributed by atoms with Crippen molar-refractivity contribution in [1.29, 1.82) is 0 Å². The summed E-state index contributed by atoms with van der Waals surface area (Å²) in [6.07, 6.45) is 0. The number of fused-ring (bicyclic) bond motifs is 1. The van der Waals surface area contributed by atoms with Crippen LogP contribution in [0.4, 0.5) is 20.4 Å². The van der Waals surface area contributed by atoms with Gasteiger partial charge in [-0.2, -0.15) is 10.2 Å². The van der Waals surface area contributed by atoms with E-state index >= 15 is 0 Å². The summed E-state index contributed by atoms with van der Waals surface area (Å²) in [7, 11) is 0. The Balaban J connectivity index is 1.71. The molecule has 8 nitrogen and oxygen atoms in total. The molecule has 0 bridgehead atoms. The zero-order valence-electron chi connectivity index (χ0n) is 17.2. The molecule has 0 radical (unpaired) electrons. The lowest BCUT2D eigenvalue weighted by atomic mass is 10.2. The summed E-state index contributed by atoms with van der Waals surface area (Å²) in [5.74, 6) is 0.0963. The third-order valence-corrected chi connectivity index (χ3v) is 5.19. The Kier molecular flexibility index (Phi) is 4.36. The SMILES string of the molecule is Cc1nn(-c2ccc(F)cc2)c(N)c1-c1nc(N)c2c(C)nn(-c3ccc(F)cc3)c2n1. The molecule has 32 heavy (non-hydrogen) atoms. The van der Waals surface area contributed by atoms with Gasteiger partial charge in [0.15, 0.2) is 11.5 Å². The second-order valence-corrected chi connectivity index (χ2v) is 7.34. The number of nitrogens with zero attached hydrogens (tertiary/aromatic N) is 6. The van der Waals surface area contributed by atoms with Crippen molar-refractivity contribution < 1.29 is 8.78 Å². The molecule has 0 fully saturated rings. The van der Waals surface area contributed by atoms with Crippen molar-refractivity contribution >= 4 is 22.7 Å². The molecule has 160 valence electrons. The van der Waals surface area contributed by atoms with Gasteiger partial charge in [-0.25, -0.2) is 28.1 Å². The lowest BCUT2D eigenvalue weighted by molar-refractivity contribution is 0.626. The predicted molar refractivity (Wildman–Crippen MR) is 117 cm³/mol. The number of anilines is 2. The summed E-state index contributed by atoms with van der Waals surface area (Å²) >= 11 is 0. The van der Waals surface area contributed by atoms with Crippen LogP contribution in [0.15, 0.2) is 48.5 Å². The van der Waals surface area contributed by atoms with Crippen LogP contribution in [0.1, 0.15) is 11.4 Å². The first-order chi connectivity index (χ1) is 15.3. The molecule has 0 saturated heterocycles. The smallest absolute Gasteiger partial charge is 0.169 e. The van der Waals surface area contributed by atoms with Gasteiger partial charge in [0.05, 0.1) is 33.7 Å². The summed E-state index contributed by atoms with van der Waals surface area (Å²) in [6, 6.07) is 11.7. The maximum absolute atomic E-state index is 13.4. The lowest BCUT2D eigenvalue weighted by Gasteiger charge is -2.07. The number of halogens is 2. The van der Waals surface area contributed by atoms with E-state index in [0.717, 1.165) is 0 Å². The van der Waals surface area contributed by atoms with E-state index < -0.39 is 0 Å². The molecule has 10 heteroatoms. The molecule has 3 aromatic heterocycles. The van der Waals surface area contributed by atoms with E-state index in [1.54, 1.807) is 42.8 Å². The topological polar surface area (TPSA) is 113 Å². The van der Waals surface area contributed by atoms with Crippen LogP contribution in [0.5, 0.6) is 0 Å². The summed E-state index contributed by atoms with van der Waals surface area (Å²) in [5.41, 5.74) is 16.1. The highest BCUT2D eigenvalue weighted by atomic mass is 19.1. The van der Waals surface area contributed by atoms with Crippen LogP contribution in [-0.4, -0.2) is 29.5 Å². The van der Waals surface area contributed by atoms with Gasteiger partial charge in [-0.1, -0.05) is 0 Å². The fourth-order valence-electron chi connectivity index (χ4n) is 3.69. The van der Waals surface area contributed by atoms with Gasteiger partial charge in [-0.3, -0.25) is 0 Å². The van der Waals surface area contributed by atoms with E-state index in [0.29, 0.717) is 39.4 Å². The van der Waals surface area contributed by atoms with Crippen molar-refractivity contribution in [2.75, 3.05) is 11.5 Å². The molecule has 0 amide bonds. The van der Waals surface area contributed by atoms with Crippen LogP contribution in [0.2, 0.25) is 0 Å². The minimum atomic E-state index is -0.359. The molecule has 5 aromatic rings. The number of rotatable bonds is 3. The van der Waals surface area contributed by atoms with Gasteiger partial charge >= 0.3 is 0 Å². The van der Waals surface area contributed by atoms with Crippen molar-refractivity contribution in [3.8, 4) is 22.8 Å². The Hall–Kier alpha value is -4.34. The Morgan fingerprint density at radius 3 is 1.84 bits per heavy atom. The molecule has 0 saturated carbocycles. The molecule has 5 rings (SSSR count). The minimum absolute atomic E-state index is 0.240. The van der Waals surface area contributed by atoms with Crippen molar-refractivity contribution in [3.05, 3.63) is 71.6 Å². The van der Waals surface area contributed by atoms with Crippen molar-refractivity contribution in [1.82, 2.24) is 29.5 Å². The van der Waals surface area contributed by atoms with Crippen LogP contribution in [-0.2, 0) is 0 Å². The summed E-state index contributed by atoms with van der Waals surface area (Å²) in [4.78, 5) is 9.15. The number of hydrogen-bond donors (Lipinski definition) is 2. The maximum atomic E-state index is 13.4. The van der Waals surface area contributed by atoms with Crippen molar-refractivity contribution in [2.45, 2.75) is 13.8 Å². The van der Waals surface area contributed by atoms with Crippen molar-refractivity contribution in [3.63, 3.8) is 0 Å². The second-order valence-electron chi connectivity index (χ2n) is 7.34. The molecule has 2 aromatic carbocycles. The van der Waals surface area contributed by atoms with Gasteiger partial charge in [0.25, 0.3) is 0 Å². The zero-order chi connectivity index (χ0) is 22.6. The van der Waals surface area contributed by atoms with E-state index in [-0.39, 0.29) is 29.1 Å². The zero-order valence-corrected chi connectivity index (χ0v) is 17.2. The van der Waals surface area contributed by atoms with Gasteiger partial charge in [0.2, 0.25) is 0 Å². The van der Waals surface area contributed by atoms with Gasteiger partial charge in [0.1, 0.15) is 23.3 Å². The van der Waals surface area contributed by atoms with Gasteiger partial charge in [0, 0.05) is 0 Å². The number of nitrogens with two attached hydrogens (primary N) is 2. The number of aryl methyl sites for hydroxylation is 2. The Morgan fingerprint density at radius 2 is 1.25 bits per heavy atom. The summed E-state index contributed by atoms with van der Waals surface area (Å²) < 4.78 is 29.8. The maximum Gasteiger partial charge on any atom is 0.169 e. The normalized spacial score (nSPS) is 11.4. The van der Waals surface area contributed by atoms with Gasteiger partial charge in [-0.15, -0.1) is 0 Å². The molecular weight excluding hydrogens is 414 g/mol. The molecule has 0 spiro atoms. The summed E-state index contributed by atoms with van der Waals surface area (Å²) in [5, 5.41) is 9.59. The first-order valence-electron chi connectivity index (χ1n) is 9.73. The highest BCUT2D eigenvalue weighted by Gasteiger charge is 2.22. The first kappa shape index (κ1) is 19.6. The number of aromatic nitrogens is 6. The number of benzene rings is 2. The number of nitrogen functional groups attached to an aromatic ring is 2. The Bertz CT molecular complexity index is 1470. The molecule has 4 N–H and O–H groups in total.